The Morgan fingerprint density at radius 1 is 1.25 bits per heavy atom. The lowest BCUT2D eigenvalue weighted by Gasteiger charge is -2.22. The normalized spacial score (nSPS) is 10.1. The third kappa shape index (κ3) is 2.76. The van der Waals surface area contributed by atoms with E-state index in [1.54, 1.807) is 17.9 Å². The maximum Gasteiger partial charge on any atom is 0.258 e. The van der Waals surface area contributed by atoms with Crippen LogP contribution < -0.4 is 9.47 Å². The van der Waals surface area contributed by atoms with Gasteiger partial charge in [0, 0.05) is 24.2 Å². The second kappa shape index (κ2) is 6.93. The Bertz CT molecular complexity index is 507. The van der Waals surface area contributed by atoms with Crippen LogP contribution in [0.5, 0.6) is 11.5 Å². The Labute approximate surface area is 119 Å². The van der Waals surface area contributed by atoms with Gasteiger partial charge in [-0.15, -0.1) is 0 Å². The van der Waals surface area contributed by atoms with Crippen LogP contribution in [-0.4, -0.2) is 44.4 Å². The summed E-state index contributed by atoms with van der Waals surface area (Å²) in [5.41, 5.74) is 1.28. The number of carbonyl (C=O) groups is 2. The fourth-order valence-electron chi connectivity index (χ4n) is 2.20. The zero-order valence-electron chi connectivity index (χ0n) is 12.6. The van der Waals surface area contributed by atoms with Gasteiger partial charge in [0.15, 0.2) is 6.29 Å². The molecular weight excluding hydrogens is 258 g/mol. The summed E-state index contributed by atoms with van der Waals surface area (Å²) in [4.78, 5) is 25.5. The molecule has 0 unspecified atom stereocenters. The van der Waals surface area contributed by atoms with E-state index in [1.165, 1.54) is 14.2 Å². The first-order valence-electron chi connectivity index (χ1n) is 6.55. The van der Waals surface area contributed by atoms with Crippen LogP contribution in [0.1, 0.15) is 40.1 Å². The number of hydrogen-bond donors (Lipinski definition) is 0. The van der Waals surface area contributed by atoms with Crippen LogP contribution in [0.25, 0.3) is 0 Å². The minimum Gasteiger partial charge on any atom is -0.496 e. The van der Waals surface area contributed by atoms with Crippen molar-refractivity contribution in [1.82, 2.24) is 4.90 Å². The minimum atomic E-state index is -0.209. The predicted octanol–water partition coefficient (Wildman–Crippen LogP) is 2.31. The predicted molar refractivity (Wildman–Crippen MR) is 76.9 cm³/mol. The van der Waals surface area contributed by atoms with Gasteiger partial charge in [-0.2, -0.15) is 0 Å². The highest BCUT2D eigenvalue weighted by Gasteiger charge is 2.25. The van der Waals surface area contributed by atoms with Crippen LogP contribution in [0.15, 0.2) is 6.07 Å². The van der Waals surface area contributed by atoms with Gasteiger partial charge in [0.2, 0.25) is 0 Å². The molecule has 20 heavy (non-hydrogen) atoms. The number of aldehydes is 1. The number of methoxy groups -OCH3 is 2. The molecule has 1 aromatic carbocycles. The van der Waals surface area contributed by atoms with E-state index in [-0.39, 0.29) is 11.5 Å². The Morgan fingerprint density at radius 2 is 1.85 bits per heavy atom. The molecule has 0 fully saturated rings. The van der Waals surface area contributed by atoms with Crippen molar-refractivity contribution in [2.75, 3.05) is 27.3 Å². The SMILES string of the molecule is CCN(CC)C(=O)c1c(C=O)cc(OC)c(C)c1OC. The number of nitrogens with zero attached hydrogens (tertiary/aromatic N) is 1. The van der Waals surface area contributed by atoms with Crippen molar-refractivity contribution >= 4 is 12.2 Å². The van der Waals surface area contributed by atoms with Crippen molar-refractivity contribution in [2.24, 2.45) is 0 Å². The highest BCUT2D eigenvalue weighted by atomic mass is 16.5. The van der Waals surface area contributed by atoms with Crippen molar-refractivity contribution in [3.05, 3.63) is 22.8 Å². The number of amides is 1. The zero-order valence-corrected chi connectivity index (χ0v) is 12.6. The van der Waals surface area contributed by atoms with E-state index in [0.29, 0.717) is 42.0 Å². The molecule has 0 aromatic heterocycles. The molecule has 5 heteroatoms. The molecule has 1 amide bonds. The molecule has 5 nitrogen and oxygen atoms in total. The molecule has 0 bridgehead atoms. The Hall–Kier alpha value is -2.04. The number of rotatable bonds is 6. The zero-order chi connectivity index (χ0) is 15.3. The Balaban J connectivity index is 3.55. The summed E-state index contributed by atoms with van der Waals surface area (Å²) in [5, 5.41) is 0. The van der Waals surface area contributed by atoms with Crippen LogP contribution in [0.2, 0.25) is 0 Å². The van der Waals surface area contributed by atoms with Gasteiger partial charge < -0.3 is 14.4 Å². The van der Waals surface area contributed by atoms with E-state index in [9.17, 15) is 9.59 Å². The van der Waals surface area contributed by atoms with Crippen LogP contribution in [0.3, 0.4) is 0 Å². The van der Waals surface area contributed by atoms with Gasteiger partial charge in [-0.25, -0.2) is 0 Å². The molecule has 110 valence electrons. The van der Waals surface area contributed by atoms with Crippen molar-refractivity contribution in [1.29, 1.82) is 0 Å². The van der Waals surface area contributed by atoms with Gasteiger partial charge in [-0.1, -0.05) is 0 Å². The topological polar surface area (TPSA) is 55.8 Å². The minimum absolute atomic E-state index is 0.209. The summed E-state index contributed by atoms with van der Waals surface area (Å²) in [6.07, 6.45) is 0.654. The van der Waals surface area contributed by atoms with Crippen molar-refractivity contribution in [3.63, 3.8) is 0 Å². The number of benzene rings is 1. The standard InChI is InChI=1S/C15H21NO4/c1-6-16(7-2)15(18)13-11(9-17)8-12(19-4)10(3)14(13)20-5/h8-9H,6-7H2,1-5H3. The van der Waals surface area contributed by atoms with Crippen LogP contribution in [0.4, 0.5) is 0 Å². The molecule has 0 aliphatic rings. The van der Waals surface area contributed by atoms with E-state index < -0.39 is 0 Å². The van der Waals surface area contributed by atoms with Crippen molar-refractivity contribution in [2.45, 2.75) is 20.8 Å². The molecule has 0 N–H and O–H groups in total. The first-order valence-corrected chi connectivity index (χ1v) is 6.55. The van der Waals surface area contributed by atoms with Gasteiger partial charge in [0.05, 0.1) is 19.8 Å². The molecular formula is C15H21NO4. The van der Waals surface area contributed by atoms with Gasteiger partial charge in [-0.3, -0.25) is 9.59 Å². The molecule has 0 saturated carbocycles. The molecule has 0 saturated heterocycles. The summed E-state index contributed by atoms with van der Waals surface area (Å²) in [6, 6.07) is 1.57. The maximum absolute atomic E-state index is 12.6. The molecule has 0 atom stereocenters. The van der Waals surface area contributed by atoms with Crippen LogP contribution in [0, 0.1) is 6.92 Å². The molecule has 0 aliphatic carbocycles. The Morgan fingerprint density at radius 3 is 2.25 bits per heavy atom. The monoisotopic (exact) mass is 279 g/mol. The summed E-state index contributed by atoms with van der Waals surface area (Å²) in [7, 11) is 3.00. The van der Waals surface area contributed by atoms with Gasteiger partial charge in [0.25, 0.3) is 5.91 Å². The maximum atomic E-state index is 12.6. The lowest BCUT2D eigenvalue weighted by molar-refractivity contribution is 0.0766. The van der Waals surface area contributed by atoms with Crippen LogP contribution >= 0.6 is 0 Å². The van der Waals surface area contributed by atoms with E-state index in [2.05, 4.69) is 0 Å². The molecule has 0 radical (unpaired) electrons. The van der Waals surface area contributed by atoms with Gasteiger partial charge in [-0.05, 0) is 26.8 Å². The summed E-state index contributed by atoms with van der Waals surface area (Å²) >= 11 is 0. The third-order valence-corrected chi connectivity index (χ3v) is 3.33. The quantitative estimate of drug-likeness (QED) is 0.750. The molecule has 1 aromatic rings. The molecule has 0 heterocycles. The number of ether oxygens (including phenoxy) is 2. The largest absolute Gasteiger partial charge is 0.496 e. The smallest absolute Gasteiger partial charge is 0.258 e. The lowest BCUT2D eigenvalue weighted by atomic mass is 10.0. The first-order chi connectivity index (χ1) is 9.55. The fraction of sp³-hybridized carbons (Fsp3) is 0.467. The van der Waals surface area contributed by atoms with Gasteiger partial charge in [0.1, 0.15) is 11.5 Å². The number of carbonyl (C=O) groups excluding carboxylic acids is 2. The van der Waals surface area contributed by atoms with Crippen molar-refractivity contribution < 1.29 is 19.1 Å². The Kier molecular flexibility index (Phi) is 5.55. The highest BCUT2D eigenvalue weighted by molar-refractivity contribution is 6.04. The summed E-state index contributed by atoms with van der Waals surface area (Å²) < 4.78 is 10.5. The van der Waals surface area contributed by atoms with E-state index in [4.69, 9.17) is 9.47 Å². The number of hydrogen-bond acceptors (Lipinski definition) is 4. The van der Waals surface area contributed by atoms with E-state index in [0.717, 1.165) is 0 Å². The lowest BCUT2D eigenvalue weighted by Crippen LogP contribution is -2.31. The van der Waals surface area contributed by atoms with E-state index >= 15 is 0 Å². The summed E-state index contributed by atoms with van der Waals surface area (Å²) in [5.74, 6) is 0.711. The molecule has 1 rings (SSSR count). The van der Waals surface area contributed by atoms with Crippen molar-refractivity contribution in [3.8, 4) is 11.5 Å². The first kappa shape index (κ1) is 16.0. The molecule has 0 aliphatic heterocycles. The van der Waals surface area contributed by atoms with Gasteiger partial charge >= 0.3 is 0 Å². The third-order valence-electron chi connectivity index (χ3n) is 3.33. The molecule has 0 spiro atoms. The second-order valence-electron chi connectivity index (χ2n) is 4.30. The van der Waals surface area contributed by atoms with E-state index in [1.807, 2.05) is 13.8 Å². The summed E-state index contributed by atoms with van der Waals surface area (Å²) in [6.45, 7) is 6.73. The average molecular weight is 279 g/mol. The van der Waals surface area contributed by atoms with Crippen LogP contribution in [-0.2, 0) is 0 Å². The fourth-order valence-corrected chi connectivity index (χ4v) is 2.20. The average Bonchev–Trinajstić information content (AvgIpc) is 2.47. The highest BCUT2D eigenvalue weighted by Crippen LogP contribution is 2.34. The second-order valence-corrected chi connectivity index (χ2v) is 4.30.